The van der Waals surface area contributed by atoms with Crippen molar-refractivity contribution in [1.82, 2.24) is 15.3 Å². The van der Waals surface area contributed by atoms with Gasteiger partial charge in [-0.3, -0.25) is 9.78 Å². The molecule has 1 aliphatic heterocycles. The van der Waals surface area contributed by atoms with E-state index in [-0.39, 0.29) is 5.82 Å². The van der Waals surface area contributed by atoms with E-state index in [9.17, 15) is 4.79 Å². The van der Waals surface area contributed by atoms with Crippen LogP contribution in [0.5, 0.6) is 0 Å². The zero-order valence-electron chi connectivity index (χ0n) is 18.0. The molecule has 166 valence electrons. The van der Waals surface area contributed by atoms with E-state index in [1.807, 2.05) is 30.5 Å². The van der Waals surface area contributed by atoms with Crippen molar-refractivity contribution in [1.29, 1.82) is 0 Å². The van der Waals surface area contributed by atoms with Gasteiger partial charge in [-0.1, -0.05) is 30.3 Å². The van der Waals surface area contributed by atoms with Crippen molar-refractivity contribution in [3.05, 3.63) is 84.6 Å². The maximum atomic E-state index is 15.3. The van der Waals surface area contributed by atoms with Crippen LogP contribution in [0.25, 0.3) is 21.9 Å². The molecule has 1 saturated heterocycles. The number of pyridine rings is 2. The normalized spacial score (nSPS) is 14.2. The van der Waals surface area contributed by atoms with Gasteiger partial charge in [0.2, 0.25) is 0 Å². The van der Waals surface area contributed by atoms with Crippen LogP contribution in [0.15, 0.2) is 73.2 Å². The van der Waals surface area contributed by atoms with Crippen molar-refractivity contribution < 1.29 is 9.18 Å². The van der Waals surface area contributed by atoms with Gasteiger partial charge in [0.1, 0.15) is 0 Å². The van der Waals surface area contributed by atoms with Crippen molar-refractivity contribution >= 4 is 28.2 Å². The molecule has 3 N–H and O–H groups in total. The fourth-order valence-corrected chi connectivity index (χ4v) is 4.09. The van der Waals surface area contributed by atoms with Gasteiger partial charge in [-0.2, -0.15) is 0 Å². The summed E-state index contributed by atoms with van der Waals surface area (Å²) in [6.07, 6.45) is 7.28. The van der Waals surface area contributed by atoms with Crippen molar-refractivity contribution in [2.75, 3.05) is 23.7 Å². The summed E-state index contributed by atoms with van der Waals surface area (Å²) in [6.45, 7) is 2.01. The van der Waals surface area contributed by atoms with Crippen molar-refractivity contribution in [3.63, 3.8) is 0 Å². The number of rotatable bonds is 5. The van der Waals surface area contributed by atoms with Gasteiger partial charge in [-0.25, -0.2) is 9.37 Å². The molecule has 0 spiro atoms. The number of nitrogens with one attached hydrogen (secondary N) is 3. The molecule has 0 unspecified atom stereocenters. The lowest BCUT2D eigenvalue weighted by atomic mass is 10.0. The first-order valence-corrected chi connectivity index (χ1v) is 11.0. The Morgan fingerprint density at radius 2 is 1.79 bits per heavy atom. The summed E-state index contributed by atoms with van der Waals surface area (Å²) in [5.74, 6) is -1.05. The maximum absolute atomic E-state index is 15.3. The van der Waals surface area contributed by atoms with Crippen molar-refractivity contribution in [2.45, 2.75) is 18.9 Å². The summed E-state index contributed by atoms with van der Waals surface area (Å²) in [7, 11) is 0. The van der Waals surface area contributed by atoms with E-state index < -0.39 is 11.7 Å². The van der Waals surface area contributed by atoms with Gasteiger partial charge in [0.15, 0.2) is 11.6 Å². The Balaban J connectivity index is 1.42. The smallest absolute Gasteiger partial charge is 0.256 e. The number of piperidine rings is 1. The van der Waals surface area contributed by atoms with Gasteiger partial charge < -0.3 is 16.0 Å². The minimum absolute atomic E-state index is 0.0899. The summed E-state index contributed by atoms with van der Waals surface area (Å²) in [5.41, 5.74) is 3.12. The number of halogens is 1. The van der Waals surface area contributed by atoms with E-state index in [0.29, 0.717) is 22.4 Å². The van der Waals surface area contributed by atoms with Crippen LogP contribution in [-0.4, -0.2) is 35.0 Å². The lowest BCUT2D eigenvalue weighted by molar-refractivity contribution is 0.102. The second kappa shape index (κ2) is 9.34. The Labute approximate surface area is 191 Å². The lowest BCUT2D eigenvalue weighted by Crippen LogP contribution is -2.35. The molecule has 0 atom stereocenters. The molecule has 1 fully saturated rings. The van der Waals surface area contributed by atoms with Crippen LogP contribution in [0, 0.1) is 5.82 Å². The molecule has 0 bridgehead atoms. The predicted molar refractivity (Wildman–Crippen MR) is 129 cm³/mol. The molecular formula is C26H24FN5O. The Bertz CT molecular complexity index is 1290. The van der Waals surface area contributed by atoms with Crippen LogP contribution in [0.1, 0.15) is 23.2 Å². The summed E-state index contributed by atoms with van der Waals surface area (Å²) < 4.78 is 15.3. The molecule has 3 heterocycles. The number of aromatic nitrogens is 2. The van der Waals surface area contributed by atoms with Crippen LogP contribution in [-0.2, 0) is 0 Å². The Morgan fingerprint density at radius 1 is 0.970 bits per heavy atom. The number of carbonyl (C=O) groups excluding carboxylic acids is 1. The third-order valence-electron chi connectivity index (χ3n) is 5.88. The molecule has 1 aliphatic rings. The third-order valence-corrected chi connectivity index (χ3v) is 5.88. The number of fused-ring (bicyclic) bond motifs is 1. The van der Waals surface area contributed by atoms with E-state index in [4.69, 9.17) is 0 Å². The van der Waals surface area contributed by atoms with Crippen molar-refractivity contribution in [3.8, 4) is 11.1 Å². The molecule has 1 amide bonds. The Hall–Kier alpha value is -3.84. The molecule has 33 heavy (non-hydrogen) atoms. The molecule has 4 aromatic rings. The zero-order chi connectivity index (χ0) is 22.6. The molecule has 2 aromatic heterocycles. The highest BCUT2D eigenvalue weighted by Crippen LogP contribution is 2.29. The molecule has 7 heteroatoms. The van der Waals surface area contributed by atoms with Gasteiger partial charge in [0, 0.05) is 46.5 Å². The number of benzene rings is 2. The summed E-state index contributed by atoms with van der Waals surface area (Å²) in [4.78, 5) is 21.0. The largest absolute Gasteiger partial charge is 0.381 e. The minimum Gasteiger partial charge on any atom is -0.381 e. The number of amides is 1. The van der Waals surface area contributed by atoms with Gasteiger partial charge in [-0.15, -0.1) is 0 Å². The first-order valence-electron chi connectivity index (χ1n) is 11.0. The number of carbonyl (C=O) groups is 1. The molecule has 0 radical (unpaired) electrons. The van der Waals surface area contributed by atoms with Gasteiger partial charge in [0.25, 0.3) is 5.91 Å². The fourth-order valence-electron chi connectivity index (χ4n) is 4.09. The average molecular weight is 442 g/mol. The van der Waals surface area contributed by atoms with Gasteiger partial charge in [0.05, 0.1) is 5.69 Å². The lowest BCUT2D eigenvalue weighted by Gasteiger charge is -2.24. The van der Waals surface area contributed by atoms with E-state index in [0.717, 1.165) is 42.7 Å². The highest BCUT2D eigenvalue weighted by molar-refractivity contribution is 6.04. The van der Waals surface area contributed by atoms with E-state index in [1.165, 1.54) is 0 Å². The minimum atomic E-state index is -0.560. The standard InChI is InChI=1S/C26H24FN5O/c27-24-23-13-18(20-12-22(16-29-14-20)31-21-8-10-28-11-9-21)6-7-19(23)15-30-25(24)32-26(33)17-4-2-1-3-5-17/h1-7,12-16,21,28,31H,8-11H2,(H,30,32,33). The molecule has 0 saturated carbocycles. The van der Waals surface area contributed by atoms with Crippen molar-refractivity contribution in [2.24, 2.45) is 0 Å². The molecule has 0 aliphatic carbocycles. The van der Waals surface area contributed by atoms with Crippen LogP contribution in [0.3, 0.4) is 0 Å². The Morgan fingerprint density at radius 3 is 2.61 bits per heavy atom. The van der Waals surface area contributed by atoms with Gasteiger partial charge in [-0.05, 0) is 55.8 Å². The Kier molecular flexibility index (Phi) is 5.95. The average Bonchev–Trinajstić information content (AvgIpc) is 2.87. The van der Waals surface area contributed by atoms with Crippen LogP contribution in [0.4, 0.5) is 15.9 Å². The molecular weight excluding hydrogens is 417 g/mol. The highest BCUT2D eigenvalue weighted by Gasteiger charge is 2.15. The first kappa shape index (κ1) is 21.0. The third kappa shape index (κ3) is 4.68. The van der Waals surface area contributed by atoms with Gasteiger partial charge >= 0.3 is 0 Å². The fraction of sp³-hybridized carbons (Fsp3) is 0.192. The summed E-state index contributed by atoms with van der Waals surface area (Å²) >= 11 is 0. The topological polar surface area (TPSA) is 78.9 Å². The number of hydrogen-bond acceptors (Lipinski definition) is 5. The number of hydrogen-bond donors (Lipinski definition) is 3. The second-order valence-electron chi connectivity index (χ2n) is 8.17. The van der Waals surface area contributed by atoms with E-state index in [2.05, 4.69) is 25.9 Å². The highest BCUT2D eigenvalue weighted by atomic mass is 19.1. The predicted octanol–water partition coefficient (Wildman–Crippen LogP) is 4.85. The molecule has 5 rings (SSSR count). The molecule has 2 aromatic carbocycles. The summed E-state index contributed by atoms with van der Waals surface area (Å²) in [6, 6.07) is 16.7. The monoisotopic (exact) mass is 441 g/mol. The maximum Gasteiger partial charge on any atom is 0.256 e. The molecule has 6 nitrogen and oxygen atoms in total. The number of anilines is 2. The first-order chi connectivity index (χ1) is 16.2. The second-order valence-corrected chi connectivity index (χ2v) is 8.17. The van der Waals surface area contributed by atoms with Crippen LogP contribution >= 0.6 is 0 Å². The van der Waals surface area contributed by atoms with E-state index in [1.54, 1.807) is 42.7 Å². The number of nitrogens with zero attached hydrogens (tertiary/aromatic N) is 2. The summed E-state index contributed by atoms with van der Waals surface area (Å²) in [5, 5.41) is 10.5. The van der Waals surface area contributed by atoms with E-state index >= 15 is 4.39 Å². The van der Waals surface area contributed by atoms with Crippen LogP contribution < -0.4 is 16.0 Å². The van der Waals surface area contributed by atoms with Crippen LogP contribution in [0.2, 0.25) is 0 Å². The quantitative estimate of drug-likeness (QED) is 0.413. The SMILES string of the molecule is O=C(Nc1ncc2ccc(-c3cncc(NC4CCNCC4)c3)cc2c1F)c1ccccc1. The zero-order valence-corrected chi connectivity index (χ0v) is 18.0.